The molecule has 3 nitrogen and oxygen atoms in total. The number of halogens is 1. The van der Waals surface area contributed by atoms with Crippen molar-refractivity contribution in [2.75, 3.05) is 7.11 Å². The Hall–Kier alpha value is -1.09. The van der Waals surface area contributed by atoms with Crippen LogP contribution in [0, 0.1) is 10.1 Å². The zero-order chi connectivity index (χ0) is 10.6. The van der Waals surface area contributed by atoms with Gasteiger partial charge < -0.3 is 4.74 Å². The van der Waals surface area contributed by atoms with Crippen molar-refractivity contribution in [2.24, 2.45) is 0 Å². The third-order valence-electron chi connectivity index (χ3n) is 1.71. The highest BCUT2D eigenvalue weighted by atomic mass is 127. The fourth-order valence-corrected chi connectivity index (χ4v) is 1.69. The number of esters is 1. The molecule has 0 bridgehead atoms. The highest BCUT2D eigenvalue weighted by Crippen LogP contribution is 2.22. The molecule has 0 unspecified atom stereocenters. The topological polar surface area (TPSA) is 30.7 Å². The number of ether oxygens (including phenoxy) is 1. The summed E-state index contributed by atoms with van der Waals surface area (Å²) >= 11 is 2.08. The summed E-state index contributed by atoms with van der Waals surface area (Å²) in [5.74, 6) is -0.267. The second kappa shape index (κ2) is 4.96. The quantitative estimate of drug-likeness (QED) is 0.477. The summed E-state index contributed by atoms with van der Waals surface area (Å²) < 4.78 is 5.41. The van der Waals surface area contributed by atoms with Crippen molar-refractivity contribution in [1.29, 1.82) is 0 Å². The van der Waals surface area contributed by atoms with Crippen LogP contribution in [0.2, 0.25) is 0 Å². The van der Waals surface area contributed by atoms with Gasteiger partial charge >= 0.3 is 5.97 Å². The maximum Gasteiger partial charge on any atom is 0.309 e. The molecule has 0 heterocycles. The summed E-state index contributed by atoms with van der Waals surface area (Å²) in [4.78, 5) is 14.3. The van der Waals surface area contributed by atoms with E-state index < -0.39 is 0 Å². The number of hydrogen-bond donors (Lipinski definition) is 0. The smallest absolute Gasteiger partial charge is 0.309 e. The van der Waals surface area contributed by atoms with Gasteiger partial charge in [-0.05, 0) is 5.56 Å². The number of hydrogen-bond acceptors (Lipinski definition) is 2. The van der Waals surface area contributed by atoms with Crippen LogP contribution in [0.15, 0.2) is 18.2 Å². The van der Waals surface area contributed by atoms with Gasteiger partial charge in [0.15, 0.2) is 5.69 Å². The summed E-state index contributed by atoms with van der Waals surface area (Å²) in [5.41, 5.74) is 1.48. The monoisotopic (exact) mass is 301 g/mol. The van der Waals surface area contributed by atoms with Crippen molar-refractivity contribution in [3.63, 3.8) is 0 Å². The summed E-state index contributed by atoms with van der Waals surface area (Å²) in [7, 11) is 1.36. The molecule has 72 valence electrons. The predicted molar refractivity (Wildman–Crippen MR) is 61.1 cm³/mol. The molecule has 0 saturated carbocycles. The van der Waals surface area contributed by atoms with E-state index in [2.05, 4.69) is 32.2 Å². The molecule has 0 aliphatic rings. The third-order valence-corrected chi connectivity index (χ3v) is 2.57. The fourth-order valence-electron chi connectivity index (χ4n) is 0.990. The van der Waals surface area contributed by atoms with E-state index in [4.69, 9.17) is 6.57 Å². The molecule has 0 aliphatic carbocycles. The lowest BCUT2D eigenvalue weighted by molar-refractivity contribution is -0.139. The lowest BCUT2D eigenvalue weighted by Gasteiger charge is -2.01. The van der Waals surface area contributed by atoms with Gasteiger partial charge in [0, 0.05) is 3.57 Å². The summed E-state index contributed by atoms with van der Waals surface area (Å²) in [6.07, 6.45) is 0.255. The van der Waals surface area contributed by atoms with E-state index >= 15 is 0 Å². The number of carbonyl (C=O) groups excluding carboxylic acids is 1. The fraction of sp³-hybridized carbons (Fsp3) is 0.200. The SMILES string of the molecule is [C-]#[N+]c1ccc(CC(=O)OC)cc1I. The van der Waals surface area contributed by atoms with Gasteiger partial charge in [-0.25, -0.2) is 4.85 Å². The van der Waals surface area contributed by atoms with E-state index in [-0.39, 0.29) is 12.4 Å². The Balaban J connectivity index is 2.88. The van der Waals surface area contributed by atoms with Gasteiger partial charge in [0.2, 0.25) is 0 Å². The molecule has 14 heavy (non-hydrogen) atoms. The van der Waals surface area contributed by atoms with Crippen molar-refractivity contribution in [3.8, 4) is 0 Å². The standard InChI is InChI=1S/C10H8INO2/c1-12-9-4-3-7(5-8(9)11)6-10(13)14-2/h3-5H,6H2,2H3. The molecule has 0 fully saturated rings. The number of nitrogens with zero attached hydrogens (tertiary/aromatic N) is 1. The Morgan fingerprint density at radius 2 is 2.36 bits per heavy atom. The van der Waals surface area contributed by atoms with Gasteiger partial charge in [-0.3, -0.25) is 4.79 Å². The van der Waals surface area contributed by atoms with E-state index in [1.54, 1.807) is 12.1 Å². The lowest BCUT2D eigenvalue weighted by Crippen LogP contribution is -2.04. The largest absolute Gasteiger partial charge is 0.469 e. The normalized spacial score (nSPS) is 9.21. The maximum atomic E-state index is 11.0. The summed E-state index contributed by atoms with van der Waals surface area (Å²) in [6, 6.07) is 5.31. The average molecular weight is 301 g/mol. The van der Waals surface area contributed by atoms with Crippen LogP contribution in [-0.4, -0.2) is 13.1 Å². The summed E-state index contributed by atoms with van der Waals surface area (Å²) in [6.45, 7) is 6.86. The van der Waals surface area contributed by atoms with Gasteiger partial charge in [-0.2, -0.15) is 0 Å². The lowest BCUT2D eigenvalue weighted by atomic mass is 10.1. The van der Waals surface area contributed by atoms with E-state index in [1.165, 1.54) is 7.11 Å². The first kappa shape index (κ1) is 11.0. The number of carbonyl (C=O) groups is 1. The molecule has 0 N–H and O–H groups in total. The first-order valence-electron chi connectivity index (χ1n) is 3.90. The van der Waals surface area contributed by atoms with Crippen LogP contribution in [0.5, 0.6) is 0 Å². The second-order valence-electron chi connectivity index (χ2n) is 2.65. The number of methoxy groups -OCH3 is 1. The van der Waals surface area contributed by atoms with Gasteiger partial charge in [-0.1, -0.05) is 40.8 Å². The van der Waals surface area contributed by atoms with Crippen LogP contribution in [-0.2, 0) is 16.0 Å². The Kier molecular flexibility index (Phi) is 3.89. The Morgan fingerprint density at radius 1 is 1.64 bits per heavy atom. The van der Waals surface area contributed by atoms with E-state index in [0.29, 0.717) is 5.69 Å². The van der Waals surface area contributed by atoms with Crippen molar-refractivity contribution in [1.82, 2.24) is 0 Å². The highest BCUT2D eigenvalue weighted by molar-refractivity contribution is 14.1. The van der Waals surface area contributed by atoms with E-state index in [0.717, 1.165) is 9.13 Å². The maximum absolute atomic E-state index is 11.0. The highest BCUT2D eigenvalue weighted by Gasteiger charge is 2.05. The van der Waals surface area contributed by atoms with Crippen molar-refractivity contribution in [2.45, 2.75) is 6.42 Å². The Labute approximate surface area is 96.0 Å². The number of rotatable bonds is 2. The molecule has 4 heteroatoms. The van der Waals surface area contributed by atoms with Gasteiger partial charge in [0.05, 0.1) is 20.1 Å². The van der Waals surface area contributed by atoms with Crippen LogP contribution < -0.4 is 0 Å². The summed E-state index contributed by atoms with van der Waals surface area (Å²) in [5, 5.41) is 0. The molecule has 0 aromatic heterocycles. The second-order valence-corrected chi connectivity index (χ2v) is 3.81. The third kappa shape index (κ3) is 2.70. The van der Waals surface area contributed by atoms with Gasteiger partial charge in [-0.15, -0.1) is 0 Å². The molecular weight excluding hydrogens is 293 g/mol. The molecule has 1 aromatic rings. The minimum atomic E-state index is -0.267. The molecule has 0 atom stereocenters. The molecule has 0 spiro atoms. The predicted octanol–water partition coefficient (Wildman–Crippen LogP) is 2.56. The molecule has 0 aliphatic heterocycles. The van der Waals surface area contributed by atoms with Crippen LogP contribution in [0.3, 0.4) is 0 Å². The molecule has 1 rings (SSSR count). The first-order valence-corrected chi connectivity index (χ1v) is 4.98. The zero-order valence-corrected chi connectivity index (χ0v) is 9.74. The first-order chi connectivity index (χ1) is 6.67. The van der Waals surface area contributed by atoms with Gasteiger partial charge in [0.25, 0.3) is 0 Å². The molecular formula is C10H8INO2. The Morgan fingerprint density at radius 3 is 2.86 bits per heavy atom. The van der Waals surface area contributed by atoms with E-state index in [1.807, 2.05) is 6.07 Å². The molecule has 0 saturated heterocycles. The zero-order valence-electron chi connectivity index (χ0n) is 7.58. The average Bonchev–Trinajstić information content (AvgIpc) is 2.18. The minimum absolute atomic E-state index is 0.255. The molecule has 1 aromatic carbocycles. The Bertz CT molecular complexity index is 396. The van der Waals surface area contributed by atoms with E-state index in [9.17, 15) is 4.79 Å². The van der Waals surface area contributed by atoms with Crippen LogP contribution in [0.1, 0.15) is 5.56 Å². The van der Waals surface area contributed by atoms with Crippen molar-refractivity contribution >= 4 is 34.2 Å². The van der Waals surface area contributed by atoms with Crippen LogP contribution >= 0.6 is 22.6 Å². The van der Waals surface area contributed by atoms with Crippen molar-refractivity contribution < 1.29 is 9.53 Å². The van der Waals surface area contributed by atoms with Gasteiger partial charge in [0.1, 0.15) is 0 Å². The number of benzene rings is 1. The van der Waals surface area contributed by atoms with Crippen molar-refractivity contribution in [3.05, 3.63) is 38.7 Å². The molecule has 0 amide bonds. The molecule has 0 radical (unpaired) electrons. The van der Waals surface area contributed by atoms with Crippen LogP contribution in [0.4, 0.5) is 5.69 Å². The van der Waals surface area contributed by atoms with Crippen LogP contribution in [0.25, 0.3) is 4.85 Å². The minimum Gasteiger partial charge on any atom is -0.469 e.